The molecule has 1 aromatic carbocycles. The number of hydrogen-bond acceptors (Lipinski definition) is 4. The third-order valence-electron chi connectivity index (χ3n) is 4.95. The fraction of sp³-hybridized carbons (Fsp3) is 0.579. The lowest BCUT2D eigenvalue weighted by Crippen LogP contribution is -2.38. The summed E-state index contributed by atoms with van der Waals surface area (Å²) in [6.45, 7) is 6.83. The Morgan fingerprint density at radius 1 is 1.25 bits per heavy atom. The molecule has 0 aliphatic carbocycles. The summed E-state index contributed by atoms with van der Waals surface area (Å²) in [5, 5.41) is 1.82. The normalized spacial score (nSPS) is 16.2. The second-order valence-corrected chi connectivity index (χ2v) is 7.34. The number of rotatable bonds is 6. The second kappa shape index (κ2) is 8.13. The van der Waals surface area contributed by atoms with Crippen molar-refractivity contribution in [2.45, 2.75) is 32.6 Å². The molecule has 0 N–H and O–H groups in total. The maximum Gasteiger partial charge on any atom is 0.139 e. The highest BCUT2D eigenvalue weighted by molar-refractivity contribution is 6.31. The van der Waals surface area contributed by atoms with Gasteiger partial charge in [-0.25, -0.2) is 9.97 Å². The van der Waals surface area contributed by atoms with Crippen LogP contribution in [0.4, 0.5) is 5.82 Å². The quantitative estimate of drug-likeness (QED) is 0.783. The van der Waals surface area contributed by atoms with E-state index < -0.39 is 0 Å². The summed E-state index contributed by atoms with van der Waals surface area (Å²) in [6, 6.07) is 5.88. The molecule has 0 atom stereocenters. The van der Waals surface area contributed by atoms with Gasteiger partial charge in [-0.15, -0.1) is 0 Å². The van der Waals surface area contributed by atoms with Crippen LogP contribution in [-0.4, -0.2) is 48.1 Å². The van der Waals surface area contributed by atoms with E-state index in [0.717, 1.165) is 40.8 Å². The second-order valence-electron chi connectivity index (χ2n) is 6.90. The first-order valence-corrected chi connectivity index (χ1v) is 9.39. The fourth-order valence-electron chi connectivity index (χ4n) is 3.56. The minimum absolute atomic E-state index is 0.723. The van der Waals surface area contributed by atoms with Gasteiger partial charge in [0.05, 0.1) is 5.52 Å². The van der Waals surface area contributed by atoms with Crippen LogP contribution in [0.3, 0.4) is 0 Å². The molecule has 5 heteroatoms. The van der Waals surface area contributed by atoms with Gasteiger partial charge in [0.15, 0.2) is 0 Å². The van der Waals surface area contributed by atoms with Crippen LogP contribution in [0.15, 0.2) is 24.5 Å². The monoisotopic (exact) mass is 346 g/mol. The molecular formula is C19H27ClN4. The number of hydrogen-bond donors (Lipinski definition) is 0. The van der Waals surface area contributed by atoms with E-state index in [1.54, 1.807) is 6.33 Å². The Labute approximate surface area is 149 Å². The zero-order valence-electron chi connectivity index (χ0n) is 14.7. The van der Waals surface area contributed by atoms with Crippen LogP contribution in [0, 0.1) is 5.92 Å². The van der Waals surface area contributed by atoms with Crippen molar-refractivity contribution in [3.05, 3.63) is 29.5 Å². The van der Waals surface area contributed by atoms with E-state index in [-0.39, 0.29) is 0 Å². The Morgan fingerprint density at radius 3 is 2.79 bits per heavy atom. The number of aromatic nitrogens is 2. The van der Waals surface area contributed by atoms with Gasteiger partial charge in [-0.1, -0.05) is 24.9 Å². The van der Waals surface area contributed by atoms with E-state index in [1.165, 1.54) is 38.8 Å². The molecule has 0 radical (unpaired) electrons. The molecule has 1 aromatic heterocycles. The number of nitrogens with zero attached hydrogens (tertiary/aromatic N) is 4. The van der Waals surface area contributed by atoms with Crippen molar-refractivity contribution in [3.63, 3.8) is 0 Å². The van der Waals surface area contributed by atoms with Crippen LogP contribution in [0.5, 0.6) is 0 Å². The van der Waals surface area contributed by atoms with Crippen LogP contribution in [-0.2, 0) is 0 Å². The Hall–Kier alpha value is -1.39. The molecule has 2 heterocycles. The molecule has 24 heavy (non-hydrogen) atoms. The van der Waals surface area contributed by atoms with Gasteiger partial charge in [-0.05, 0) is 57.0 Å². The van der Waals surface area contributed by atoms with Crippen molar-refractivity contribution < 1.29 is 0 Å². The molecule has 0 unspecified atom stereocenters. The molecule has 0 bridgehead atoms. The molecular weight excluding hydrogens is 320 g/mol. The van der Waals surface area contributed by atoms with E-state index in [9.17, 15) is 0 Å². The van der Waals surface area contributed by atoms with Crippen molar-refractivity contribution in [3.8, 4) is 0 Å². The SMILES string of the molecule is CCCCN(C)CC1CCN(c2ncnc3cc(Cl)ccc23)CC1. The lowest BCUT2D eigenvalue weighted by atomic mass is 9.96. The van der Waals surface area contributed by atoms with Crippen LogP contribution in [0.25, 0.3) is 10.9 Å². The van der Waals surface area contributed by atoms with Crippen molar-refractivity contribution in [1.82, 2.24) is 14.9 Å². The van der Waals surface area contributed by atoms with E-state index in [1.807, 2.05) is 18.2 Å². The van der Waals surface area contributed by atoms with Crippen LogP contribution >= 0.6 is 11.6 Å². The first kappa shape index (κ1) is 17.4. The number of benzene rings is 1. The number of halogens is 1. The number of fused-ring (bicyclic) bond motifs is 1. The van der Waals surface area contributed by atoms with Crippen LogP contribution in [0.1, 0.15) is 32.6 Å². The Morgan fingerprint density at radius 2 is 2.04 bits per heavy atom. The number of unbranched alkanes of at least 4 members (excludes halogenated alkanes) is 1. The highest BCUT2D eigenvalue weighted by Gasteiger charge is 2.22. The summed E-state index contributed by atoms with van der Waals surface area (Å²) in [6.07, 6.45) is 6.68. The third kappa shape index (κ3) is 4.17. The van der Waals surface area contributed by atoms with E-state index in [4.69, 9.17) is 11.6 Å². The minimum atomic E-state index is 0.723. The molecule has 3 rings (SSSR count). The van der Waals surface area contributed by atoms with E-state index in [0.29, 0.717) is 0 Å². The van der Waals surface area contributed by atoms with Crippen molar-refractivity contribution in [1.29, 1.82) is 0 Å². The summed E-state index contributed by atoms with van der Waals surface area (Å²) in [5.74, 6) is 1.85. The predicted molar refractivity (Wildman–Crippen MR) is 102 cm³/mol. The van der Waals surface area contributed by atoms with Crippen molar-refractivity contribution in [2.24, 2.45) is 5.92 Å². The first-order chi connectivity index (χ1) is 11.7. The van der Waals surface area contributed by atoms with Gasteiger partial charge in [0, 0.05) is 30.0 Å². The van der Waals surface area contributed by atoms with Gasteiger partial charge >= 0.3 is 0 Å². The molecule has 1 aliphatic heterocycles. The molecule has 4 nitrogen and oxygen atoms in total. The zero-order chi connectivity index (χ0) is 16.9. The van der Waals surface area contributed by atoms with Crippen LogP contribution < -0.4 is 4.90 Å². The molecule has 1 saturated heterocycles. The Bertz CT molecular complexity index is 667. The van der Waals surface area contributed by atoms with E-state index >= 15 is 0 Å². The van der Waals surface area contributed by atoms with Crippen molar-refractivity contribution in [2.75, 3.05) is 38.1 Å². The zero-order valence-corrected chi connectivity index (χ0v) is 15.5. The molecule has 1 fully saturated rings. The number of piperidine rings is 1. The van der Waals surface area contributed by atoms with Crippen LogP contribution in [0.2, 0.25) is 5.02 Å². The molecule has 2 aromatic rings. The fourth-order valence-corrected chi connectivity index (χ4v) is 3.72. The highest BCUT2D eigenvalue weighted by Crippen LogP contribution is 2.29. The smallest absolute Gasteiger partial charge is 0.139 e. The predicted octanol–water partition coefficient (Wildman–Crippen LogP) is 4.23. The van der Waals surface area contributed by atoms with Gasteiger partial charge in [-0.2, -0.15) is 0 Å². The van der Waals surface area contributed by atoms with Gasteiger partial charge < -0.3 is 9.80 Å². The average Bonchev–Trinajstić information content (AvgIpc) is 2.60. The standard InChI is InChI=1S/C19H27ClN4/c1-3-4-9-23(2)13-15-7-10-24(11-8-15)19-17-6-5-16(20)12-18(17)21-14-22-19/h5-6,12,14-15H,3-4,7-11,13H2,1-2H3. The molecule has 1 aliphatic rings. The summed E-state index contributed by atoms with van der Waals surface area (Å²) < 4.78 is 0. The topological polar surface area (TPSA) is 32.3 Å². The molecule has 0 amide bonds. The summed E-state index contributed by atoms with van der Waals surface area (Å²) >= 11 is 6.08. The Balaban J connectivity index is 1.63. The summed E-state index contributed by atoms with van der Waals surface area (Å²) in [4.78, 5) is 13.8. The third-order valence-corrected chi connectivity index (χ3v) is 5.19. The van der Waals surface area contributed by atoms with E-state index in [2.05, 4.69) is 33.7 Å². The van der Waals surface area contributed by atoms with Crippen molar-refractivity contribution >= 4 is 28.3 Å². The Kier molecular flexibility index (Phi) is 5.90. The van der Waals surface area contributed by atoms with Gasteiger partial charge in [0.25, 0.3) is 0 Å². The van der Waals surface area contributed by atoms with Gasteiger partial charge in [0.2, 0.25) is 0 Å². The summed E-state index contributed by atoms with van der Waals surface area (Å²) in [7, 11) is 2.25. The molecule has 0 spiro atoms. The average molecular weight is 347 g/mol. The minimum Gasteiger partial charge on any atom is -0.356 e. The first-order valence-electron chi connectivity index (χ1n) is 9.01. The lowest BCUT2D eigenvalue weighted by Gasteiger charge is -2.35. The molecule has 0 saturated carbocycles. The highest BCUT2D eigenvalue weighted by atomic mass is 35.5. The largest absolute Gasteiger partial charge is 0.356 e. The maximum absolute atomic E-state index is 6.08. The number of anilines is 1. The van der Waals surface area contributed by atoms with Gasteiger partial charge in [-0.3, -0.25) is 0 Å². The lowest BCUT2D eigenvalue weighted by molar-refractivity contribution is 0.246. The maximum atomic E-state index is 6.08. The molecule has 130 valence electrons. The summed E-state index contributed by atoms with van der Waals surface area (Å²) in [5.41, 5.74) is 0.925. The van der Waals surface area contributed by atoms with Gasteiger partial charge in [0.1, 0.15) is 12.1 Å².